The van der Waals surface area contributed by atoms with Crippen molar-refractivity contribution in [2.75, 3.05) is 6.54 Å². The molecule has 1 aliphatic rings. The summed E-state index contributed by atoms with van der Waals surface area (Å²) >= 11 is 0. The van der Waals surface area contributed by atoms with Crippen LogP contribution in [0.15, 0.2) is 30.3 Å². The van der Waals surface area contributed by atoms with E-state index in [1.54, 1.807) is 0 Å². The molecule has 2 N–H and O–H groups in total. The lowest BCUT2D eigenvalue weighted by Crippen LogP contribution is -2.43. The third-order valence-corrected chi connectivity index (χ3v) is 3.29. The molecule has 18 heavy (non-hydrogen) atoms. The molecule has 4 heteroatoms. The van der Waals surface area contributed by atoms with Crippen LogP contribution in [0.25, 0.3) is 0 Å². The molecule has 2 rings (SSSR count). The van der Waals surface area contributed by atoms with E-state index in [1.165, 1.54) is 0 Å². The van der Waals surface area contributed by atoms with Gasteiger partial charge in [-0.15, -0.1) is 0 Å². The molecular weight excluding hydrogens is 228 g/mol. The smallest absolute Gasteiger partial charge is 0.225 e. The van der Waals surface area contributed by atoms with E-state index in [1.807, 2.05) is 37.3 Å². The van der Waals surface area contributed by atoms with E-state index in [-0.39, 0.29) is 23.8 Å². The first-order valence-corrected chi connectivity index (χ1v) is 6.29. The summed E-state index contributed by atoms with van der Waals surface area (Å²) < 4.78 is 0. The summed E-state index contributed by atoms with van der Waals surface area (Å²) in [5, 5.41) is 5.72. The first-order valence-electron chi connectivity index (χ1n) is 6.29. The zero-order chi connectivity index (χ0) is 13.0. The van der Waals surface area contributed by atoms with E-state index in [9.17, 15) is 9.59 Å². The Morgan fingerprint density at radius 1 is 1.39 bits per heavy atom. The molecule has 96 valence electrons. The topological polar surface area (TPSA) is 58.2 Å². The molecule has 1 aliphatic heterocycles. The lowest BCUT2D eigenvalue weighted by molar-refractivity contribution is -0.129. The molecule has 4 nitrogen and oxygen atoms in total. The molecule has 2 atom stereocenters. The standard InChI is InChI=1S/C14H18N2O2/c1-10(11-5-3-2-4-6-11)16-14(18)12-7-8-13(17)15-9-12/h2-6,10,12H,7-9H2,1H3,(H,15,17)(H,16,18)/t10-,12?/m0/s1. The summed E-state index contributed by atoms with van der Waals surface area (Å²) in [5.41, 5.74) is 1.09. The highest BCUT2D eigenvalue weighted by Gasteiger charge is 2.25. The number of piperidine rings is 1. The largest absolute Gasteiger partial charge is 0.355 e. The van der Waals surface area contributed by atoms with Crippen LogP contribution < -0.4 is 10.6 Å². The molecule has 2 amide bonds. The summed E-state index contributed by atoms with van der Waals surface area (Å²) in [7, 11) is 0. The summed E-state index contributed by atoms with van der Waals surface area (Å²) in [6, 6.07) is 9.85. The number of hydrogen-bond donors (Lipinski definition) is 2. The fraction of sp³-hybridized carbons (Fsp3) is 0.429. The molecule has 1 aromatic rings. The Labute approximate surface area is 107 Å². The molecule has 0 saturated carbocycles. The fourth-order valence-corrected chi connectivity index (χ4v) is 2.11. The molecule has 0 bridgehead atoms. The predicted octanol–water partition coefficient (Wildman–Crippen LogP) is 1.39. The number of hydrogen-bond acceptors (Lipinski definition) is 2. The maximum atomic E-state index is 12.0. The van der Waals surface area contributed by atoms with Crippen molar-refractivity contribution in [1.29, 1.82) is 0 Å². The minimum atomic E-state index is -0.103. The normalized spacial score (nSPS) is 20.9. The molecule has 0 aromatic heterocycles. The van der Waals surface area contributed by atoms with Gasteiger partial charge in [0, 0.05) is 13.0 Å². The maximum absolute atomic E-state index is 12.0. The Morgan fingerprint density at radius 2 is 2.11 bits per heavy atom. The Bertz CT molecular complexity index is 421. The Kier molecular flexibility index (Phi) is 3.97. The third kappa shape index (κ3) is 3.09. The van der Waals surface area contributed by atoms with Gasteiger partial charge < -0.3 is 10.6 Å². The van der Waals surface area contributed by atoms with Crippen molar-refractivity contribution in [3.05, 3.63) is 35.9 Å². The van der Waals surface area contributed by atoms with Crippen LogP contribution in [0.3, 0.4) is 0 Å². The van der Waals surface area contributed by atoms with Gasteiger partial charge in [-0.25, -0.2) is 0 Å². The van der Waals surface area contributed by atoms with Crippen LogP contribution in [0.1, 0.15) is 31.4 Å². The SMILES string of the molecule is C[C@H](NC(=O)C1CCC(=O)NC1)c1ccccc1. The number of benzene rings is 1. The highest BCUT2D eigenvalue weighted by Crippen LogP contribution is 2.15. The molecule has 1 fully saturated rings. The van der Waals surface area contributed by atoms with Crippen molar-refractivity contribution in [1.82, 2.24) is 10.6 Å². The van der Waals surface area contributed by atoms with Crippen molar-refractivity contribution in [3.8, 4) is 0 Å². The van der Waals surface area contributed by atoms with Crippen LogP contribution in [0, 0.1) is 5.92 Å². The van der Waals surface area contributed by atoms with Crippen molar-refractivity contribution in [3.63, 3.8) is 0 Å². The van der Waals surface area contributed by atoms with E-state index < -0.39 is 0 Å². The van der Waals surface area contributed by atoms with Gasteiger partial charge in [0.05, 0.1) is 12.0 Å². The fourth-order valence-electron chi connectivity index (χ4n) is 2.11. The number of carbonyl (C=O) groups is 2. The van der Waals surface area contributed by atoms with Crippen LogP contribution >= 0.6 is 0 Å². The quantitative estimate of drug-likeness (QED) is 0.846. The second kappa shape index (κ2) is 5.67. The van der Waals surface area contributed by atoms with Gasteiger partial charge in [0.1, 0.15) is 0 Å². The highest BCUT2D eigenvalue weighted by molar-refractivity contribution is 5.83. The second-order valence-electron chi connectivity index (χ2n) is 4.68. The first kappa shape index (κ1) is 12.6. The van der Waals surface area contributed by atoms with Crippen molar-refractivity contribution in [2.45, 2.75) is 25.8 Å². The van der Waals surface area contributed by atoms with Crippen molar-refractivity contribution >= 4 is 11.8 Å². The van der Waals surface area contributed by atoms with Gasteiger partial charge in [0.2, 0.25) is 11.8 Å². The van der Waals surface area contributed by atoms with Gasteiger partial charge >= 0.3 is 0 Å². The molecule has 1 heterocycles. The lowest BCUT2D eigenvalue weighted by Gasteiger charge is -2.23. The van der Waals surface area contributed by atoms with Gasteiger partial charge in [-0.05, 0) is 18.9 Å². The van der Waals surface area contributed by atoms with Gasteiger partial charge in [-0.3, -0.25) is 9.59 Å². The van der Waals surface area contributed by atoms with Crippen LogP contribution in [0.2, 0.25) is 0 Å². The summed E-state index contributed by atoms with van der Waals surface area (Å²) in [6.45, 7) is 2.42. The van der Waals surface area contributed by atoms with Gasteiger partial charge in [0.25, 0.3) is 0 Å². The molecule has 1 saturated heterocycles. The average Bonchev–Trinajstić information content (AvgIpc) is 2.40. The Balaban J connectivity index is 1.89. The monoisotopic (exact) mass is 246 g/mol. The summed E-state index contributed by atoms with van der Waals surface area (Å²) in [5.74, 6) is -0.0460. The molecule has 1 unspecified atom stereocenters. The van der Waals surface area contributed by atoms with Crippen LogP contribution in [0.4, 0.5) is 0 Å². The lowest BCUT2D eigenvalue weighted by atomic mass is 9.97. The van der Waals surface area contributed by atoms with E-state index in [0.29, 0.717) is 19.4 Å². The zero-order valence-corrected chi connectivity index (χ0v) is 10.5. The predicted molar refractivity (Wildman–Crippen MR) is 68.7 cm³/mol. The molecular formula is C14H18N2O2. The number of nitrogens with one attached hydrogen (secondary N) is 2. The van der Waals surface area contributed by atoms with Crippen LogP contribution in [0.5, 0.6) is 0 Å². The van der Waals surface area contributed by atoms with Gasteiger partial charge in [-0.2, -0.15) is 0 Å². The van der Waals surface area contributed by atoms with Crippen molar-refractivity contribution in [2.24, 2.45) is 5.92 Å². The van der Waals surface area contributed by atoms with Crippen molar-refractivity contribution < 1.29 is 9.59 Å². The van der Waals surface area contributed by atoms with Crippen LogP contribution in [-0.2, 0) is 9.59 Å². The minimum Gasteiger partial charge on any atom is -0.355 e. The number of amides is 2. The van der Waals surface area contributed by atoms with E-state index in [2.05, 4.69) is 10.6 Å². The summed E-state index contributed by atoms with van der Waals surface area (Å²) in [6.07, 6.45) is 1.08. The first-order chi connectivity index (χ1) is 8.66. The summed E-state index contributed by atoms with van der Waals surface area (Å²) in [4.78, 5) is 23.1. The highest BCUT2D eigenvalue weighted by atomic mass is 16.2. The van der Waals surface area contributed by atoms with Crippen LogP contribution in [-0.4, -0.2) is 18.4 Å². The number of carbonyl (C=O) groups excluding carboxylic acids is 2. The Hall–Kier alpha value is -1.84. The molecule has 0 spiro atoms. The molecule has 0 aliphatic carbocycles. The maximum Gasteiger partial charge on any atom is 0.225 e. The van der Waals surface area contributed by atoms with E-state index in [4.69, 9.17) is 0 Å². The third-order valence-electron chi connectivity index (χ3n) is 3.29. The zero-order valence-electron chi connectivity index (χ0n) is 10.5. The average molecular weight is 246 g/mol. The van der Waals surface area contributed by atoms with E-state index >= 15 is 0 Å². The number of rotatable bonds is 3. The van der Waals surface area contributed by atoms with E-state index in [0.717, 1.165) is 5.56 Å². The van der Waals surface area contributed by atoms with Gasteiger partial charge in [-0.1, -0.05) is 30.3 Å². The van der Waals surface area contributed by atoms with Gasteiger partial charge in [0.15, 0.2) is 0 Å². The minimum absolute atomic E-state index is 0.00340. The molecule has 0 radical (unpaired) electrons. The second-order valence-corrected chi connectivity index (χ2v) is 4.68. The molecule has 1 aromatic carbocycles. The Morgan fingerprint density at radius 3 is 2.72 bits per heavy atom.